The van der Waals surface area contributed by atoms with Crippen molar-refractivity contribution in [2.75, 3.05) is 11.7 Å². The maximum absolute atomic E-state index is 13.6. The van der Waals surface area contributed by atoms with Gasteiger partial charge in [0.05, 0.1) is 11.3 Å². The van der Waals surface area contributed by atoms with Crippen LogP contribution in [0, 0.1) is 5.82 Å². The second-order valence-corrected chi connectivity index (χ2v) is 6.14. The first-order valence-corrected chi connectivity index (χ1v) is 8.03. The van der Waals surface area contributed by atoms with Crippen molar-refractivity contribution in [2.24, 2.45) is 5.84 Å². The van der Waals surface area contributed by atoms with E-state index in [4.69, 9.17) is 5.84 Å². The van der Waals surface area contributed by atoms with E-state index in [9.17, 15) is 9.18 Å². The van der Waals surface area contributed by atoms with Gasteiger partial charge >= 0.3 is 0 Å². The number of amides is 1. The van der Waals surface area contributed by atoms with Crippen LogP contribution >= 0.6 is 11.8 Å². The van der Waals surface area contributed by atoms with E-state index in [0.29, 0.717) is 5.25 Å². The van der Waals surface area contributed by atoms with Gasteiger partial charge in [-0.25, -0.2) is 4.39 Å². The van der Waals surface area contributed by atoms with Gasteiger partial charge in [0.25, 0.3) is 5.91 Å². The molecule has 1 amide bonds. The third-order valence-corrected chi connectivity index (χ3v) is 4.79. The number of rotatable bonds is 4. The van der Waals surface area contributed by atoms with Gasteiger partial charge in [0, 0.05) is 11.3 Å². The van der Waals surface area contributed by atoms with Crippen LogP contribution in [-0.2, 0) is 0 Å². The van der Waals surface area contributed by atoms with Crippen molar-refractivity contribution in [1.29, 1.82) is 0 Å². The number of nitrogen functional groups attached to an aromatic ring is 1. The lowest BCUT2D eigenvalue weighted by atomic mass is 9.94. The smallest absolute Gasteiger partial charge is 0.253 e. The predicted molar refractivity (Wildman–Crippen MR) is 81.2 cm³/mol. The van der Waals surface area contributed by atoms with Crippen molar-refractivity contribution in [2.45, 2.75) is 37.0 Å². The van der Waals surface area contributed by atoms with E-state index in [1.165, 1.54) is 18.6 Å². The highest BCUT2D eigenvalue weighted by molar-refractivity contribution is 7.99. The molecule has 0 bridgehead atoms. The zero-order valence-electron chi connectivity index (χ0n) is 11.5. The molecule has 0 radical (unpaired) electrons. The lowest BCUT2D eigenvalue weighted by Crippen LogP contribution is -2.39. The van der Waals surface area contributed by atoms with Crippen molar-refractivity contribution in [1.82, 2.24) is 5.32 Å². The Hall–Kier alpha value is -1.27. The van der Waals surface area contributed by atoms with Crippen LogP contribution < -0.4 is 16.6 Å². The molecular weight excluding hydrogens is 277 g/mol. The van der Waals surface area contributed by atoms with Crippen LogP contribution in [0.3, 0.4) is 0 Å². The van der Waals surface area contributed by atoms with Gasteiger partial charge in [0.2, 0.25) is 0 Å². The molecule has 0 saturated heterocycles. The van der Waals surface area contributed by atoms with Crippen LogP contribution in [0.25, 0.3) is 0 Å². The highest BCUT2D eigenvalue weighted by Crippen LogP contribution is 2.27. The van der Waals surface area contributed by atoms with Crippen LogP contribution in [0.2, 0.25) is 0 Å². The first-order valence-electron chi connectivity index (χ1n) is 6.74. The minimum Gasteiger partial charge on any atom is -0.349 e. The summed E-state index contributed by atoms with van der Waals surface area (Å²) < 4.78 is 13.6. The largest absolute Gasteiger partial charge is 0.349 e. The quantitative estimate of drug-likeness (QED) is 0.590. The Kier molecular flexibility index (Phi) is 5.25. The Morgan fingerprint density at radius 3 is 2.95 bits per heavy atom. The number of hydrogen-bond acceptors (Lipinski definition) is 4. The summed E-state index contributed by atoms with van der Waals surface area (Å²) in [4.78, 5) is 12.3. The van der Waals surface area contributed by atoms with E-state index in [1.54, 1.807) is 6.07 Å². The molecule has 110 valence electrons. The minimum absolute atomic E-state index is 0.0437. The number of benzene rings is 1. The van der Waals surface area contributed by atoms with Gasteiger partial charge in [-0.05, 0) is 37.7 Å². The predicted octanol–water partition coefficient (Wildman–Crippen LogP) is 2.52. The van der Waals surface area contributed by atoms with Crippen molar-refractivity contribution in [3.63, 3.8) is 0 Å². The Labute approximate surface area is 122 Å². The number of para-hydroxylation sites is 1. The van der Waals surface area contributed by atoms with Gasteiger partial charge in [-0.3, -0.25) is 10.6 Å². The van der Waals surface area contributed by atoms with Crippen molar-refractivity contribution in [3.8, 4) is 0 Å². The molecule has 1 fully saturated rings. The first-order chi connectivity index (χ1) is 9.65. The normalized spacial score (nSPS) is 22.4. The molecule has 0 spiro atoms. The molecule has 1 aliphatic rings. The first kappa shape index (κ1) is 15.1. The molecule has 1 aromatic rings. The Morgan fingerprint density at radius 2 is 2.25 bits per heavy atom. The van der Waals surface area contributed by atoms with Gasteiger partial charge < -0.3 is 10.7 Å². The molecule has 4 nitrogen and oxygen atoms in total. The van der Waals surface area contributed by atoms with Gasteiger partial charge in [-0.1, -0.05) is 12.5 Å². The van der Waals surface area contributed by atoms with Crippen molar-refractivity contribution >= 4 is 23.4 Å². The maximum Gasteiger partial charge on any atom is 0.253 e. The number of nitrogens with one attached hydrogen (secondary N) is 2. The summed E-state index contributed by atoms with van der Waals surface area (Å²) in [7, 11) is 0. The fourth-order valence-electron chi connectivity index (χ4n) is 2.61. The third-order valence-electron chi connectivity index (χ3n) is 3.70. The highest BCUT2D eigenvalue weighted by Gasteiger charge is 2.24. The zero-order valence-corrected chi connectivity index (χ0v) is 12.3. The number of hydrogen-bond donors (Lipinski definition) is 3. The van der Waals surface area contributed by atoms with E-state index in [-0.39, 0.29) is 23.2 Å². The number of thioether (sulfide) groups is 1. The third kappa shape index (κ3) is 3.43. The summed E-state index contributed by atoms with van der Waals surface area (Å²) in [6.07, 6.45) is 6.35. The Bertz CT molecular complexity index is 483. The van der Waals surface area contributed by atoms with Crippen LogP contribution in [0.1, 0.15) is 36.0 Å². The number of anilines is 1. The molecule has 0 heterocycles. The number of carbonyl (C=O) groups is 1. The number of hydrazine groups is 1. The van der Waals surface area contributed by atoms with Crippen LogP contribution in [0.15, 0.2) is 18.2 Å². The van der Waals surface area contributed by atoms with E-state index < -0.39 is 5.82 Å². The van der Waals surface area contributed by atoms with Crippen molar-refractivity contribution < 1.29 is 9.18 Å². The van der Waals surface area contributed by atoms with Crippen LogP contribution in [0.4, 0.5) is 10.1 Å². The molecule has 1 saturated carbocycles. The molecule has 6 heteroatoms. The molecule has 1 aliphatic carbocycles. The Morgan fingerprint density at radius 1 is 1.45 bits per heavy atom. The SMILES string of the molecule is CSC1CCCC(NC(=O)c2cccc(F)c2NN)C1. The van der Waals surface area contributed by atoms with Gasteiger partial charge in [0.15, 0.2) is 0 Å². The molecular formula is C14H20FN3OS. The summed E-state index contributed by atoms with van der Waals surface area (Å²) in [6, 6.07) is 4.51. The summed E-state index contributed by atoms with van der Waals surface area (Å²) in [6.45, 7) is 0. The maximum atomic E-state index is 13.6. The van der Waals surface area contributed by atoms with Crippen molar-refractivity contribution in [3.05, 3.63) is 29.6 Å². The zero-order chi connectivity index (χ0) is 14.5. The van der Waals surface area contributed by atoms with E-state index >= 15 is 0 Å². The molecule has 2 unspecified atom stereocenters. The van der Waals surface area contributed by atoms with Gasteiger partial charge in [-0.2, -0.15) is 11.8 Å². The molecule has 2 rings (SSSR count). The summed E-state index contributed by atoms with van der Waals surface area (Å²) in [5, 5.41) is 3.58. The summed E-state index contributed by atoms with van der Waals surface area (Å²) in [5.41, 5.74) is 2.55. The van der Waals surface area contributed by atoms with E-state index in [0.717, 1.165) is 19.3 Å². The number of halogens is 1. The fraction of sp³-hybridized carbons (Fsp3) is 0.500. The van der Waals surface area contributed by atoms with E-state index in [2.05, 4.69) is 17.0 Å². The summed E-state index contributed by atoms with van der Waals surface area (Å²) >= 11 is 1.84. The van der Waals surface area contributed by atoms with Gasteiger partial charge in [0.1, 0.15) is 5.82 Å². The van der Waals surface area contributed by atoms with Crippen LogP contribution in [0.5, 0.6) is 0 Å². The topological polar surface area (TPSA) is 67.2 Å². The average molecular weight is 297 g/mol. The lowest BCUT2D eigenvalue weighted by molar-refractivity contribution is 0.0929. The molecule has 20 heavy (non-hydrogen) atoms. The minimum atomic E-state index is -0.522. The summed E-state index contributed by atoms with van der Waals surface area (Å²) in [5.74, 6) is 4.50. The average Bonchev–Trinajstić information content (AvgIpc) is 2.47. The highest BCUT2D eigenvalue weighted by atomic mass is 32.2. The monoisotopic (exact) mass is 297 g/mol. The molecule has 2 atom stereocenters. The Balaban J connectivity index is 2.07. The number of nitrogens with two attached hydrogens (primary N) is 1. The number of carbonyl (C=O) groups excluding carboxylic acids is 1. The van der Waals surface area contributed by atoms with Crippen LogP contribution in [-0.4, -0.2) is 23.5 Å². The second kappa shape index (κ2) is 6.95. The van der Waals surface area contributed by atoms with Gasteiger partial charge in [-0.15, -0.1) is 0 Å². The standard InChI is InChI=1S/C14H20FN3OS/c1-20-10-5-2-4-9(8-10)17-14(19)11-6-3-7-12(15)13(11)18-16/h3,6-7,9-10,18H,2,4-5,8,16H2,1H3,(H,17,19). The molecule has 0 aromatic heterocycles. The molecule has 0 aliphatic heterocycles. The molecule has 4 N–H and O–H groups in total. The fourth-order valence-corrected chi connectivity index (χ4v) is 3.44. The second-order valence-electron chi connectivity index (χ2n) is 5.00. The van der Waals surface area contributed by atoms with E-state index in [1.807, 2.05) is 11.8 Å². The molecule has 1 aromatic carbocycles. The lowest BCUT2D eigenvalue weighted by Gasteiger charge is -2.28.